The molecule has 1 amide bonds. The van der Waals surface area contributed by atoms with E-state index in [4.69, 9.17) is 5.53 Å². The molecule has 1 N–H and O–H groups in total. The van der Waals surface area contributed by atoms with Crippen molar-refractivity contribution >= 4 is 5.91 Å². The van der Waals surface area contributed by atoms with Crippen molar-refractivity contribution in [2.75, 3.05) is 13.1 Å². The lowest BCUT2D eigenvalue weighted by Gasteiger charge is -2.05. The third-order valence-corrected chi connectivity index (χ3v) is 2.51. The molecular formula is C11H18N6O. The summed E-state index contributed by atoms with van der Waals surface area (Å²) in [5.41, 5.74) is 9.61. The van der Waals surface area contributed by atoms with Crippen LogP contribution in [-0.2, 0) is 13.0 Å². The van der Waals surface area contributed by atoms with Gasteiger partial charge in [0.05, 0.1) is 5.69 Å². The van der Waals surface area contributed by atoms with E-state index in [-0.39, 0.29) is 5.91 Å². The van der Waals surface area contributed by atoms with Gasteiger partial charge in [-0.05, 0) is 31.4 Å². The standard InChI is InChI=1S/C11H18N6O/c1-3-9-8-10(17(4-2)15-9)11(18)13-6-5-7-14-16-12/h8H,3-7H2,1-2H3,(H,13,18). The maximum atomic E-state index is 11.9. The summed E-state index contributed by atoms with van der Waals surface area (Å²) in [4.78, 5) is 14.6. The van der Waals surface area contributed by atoms with Crippen LogP contribution in [0.5, 0.6) is 0 Å². The molecule has 0 saturated heterocycles. The molecule has 1 aromatic rings. The zero-order valence-corrected chi connectivity index (χ0v) is 10.8. The van der Waals surface area contributed by atoms with Crippen LogP contribution in [-0.4, -0.2) is 28.8 Å². The first kappa shape index (κ1) is 14.1. The van der Waals surface area contributed by atoms with Crippen LogP contribution in [0.25, 0.3) is 10.4 Å². The first-order chi connectivity index (χ1) is 8.72. The van der Waals surface area contributed by atoms with Gasteiger partial charge >= 0.3 is 0 Å². The van der Waals surface area contributed by atoms with Crippen LogP contribution < -0.4 is 5.32 Å². The van der Waals surface area contributed by atoms with E-state index in [2.05, 4.69) is 20.4 Å². The molecule has 7 nitrogen and oxygen atoms in total. The maximum absolute atomic E-state index is 11.9. The van der Waals surface area contributed by atoms with Crippen molar-refractivity contribution in [3.63, 3.8) is 0 Å². The lowest BCUT2D eigenvalue weighted by atomic mass is 10.3. The average Bonchev–Trinajstić information content (AvgIpc) is 2.81. The molecule has 1 aromatic heterocycles. The monoisotopic (exact) mass is 250 g/mol. The molecule has 7 heteroatoms. The number of nitrogens with zero attached hydrogens (tertiary/aromatic N) is 5. The Morgan fingerprint density at radius 1 is 1.61 bits per heavy atom. The number of carbonyl (C=O) groups is 1. The molecule has 0 aliphatic rings. The Labute approximate surface area is 106 Å². The Bertz CT molecular complexity index is 446. The second-order valence-electron chi connectivity index (χ2n) is 3.75. The van der Waals surface area contributed by atoms with Gasteiger partial charge in [-0.3, -0.25) is 9.48 Å². The van der Waals surface area contributed by atoms with Crippen LogP contribution >= 0.6 is 0 Å². The molecule has 0 bridgehead atoms. The Hall–Kier alpha value is -2.01. The second-order valence-corrected chi connectivity index (χ2v) is 3.75. The third kappa shape index (κ3) is 3.78. The molecule has 0 fully saturated rings. The molecule has 0 unspecified atom stereocenters. The Morgan fingerprint density at radius 3 is 3.00 bits per heavy atom. The number of aryl methyl sites for hydroxylation is 2. The van der Waals surface area contributed by atoms with Gasteiger partial charge in [0.15, 0.2) is 0 Å². The van der Waals surface area contributed by atoms with Crippen molar-refractivity contribution in [2.24, 2.45) is 5.11 Å². The van der Waals surface area contributed by atoms with E-state index in [0.29, 0.717) is 31.7 Å². The van der Waals surface area contributed by atoms with Crippen LogP contribution in [0.3, 0.4) is 0 Å². The smallest absolute Gasteiger partial charge is 0.269 e. The van der Waals surface area contributed by atoms with Crippen molar-refractivity contribution in [3.8, 4) is 0 Å². The number of rotatable bonds is 7. The molecule has 1 rings (SSSR count). The fraction of sp³-hybridized carbons (Fsp3) is 0.636. The zero-order valence-electron chi connectivity index (χ0n) is 10.8. The van der Waals surface area contributed by atoms with E-state index < -0.39 is 0 Å². The van der Waals surface area contributed by atoms with Crippen LogP contribution in [0.2, 0.25) is 0 Å². The number of aromatic nitrogens is 2. The van der Waals surface area contributed by atoms with E-state index in [9.17, 15) is 4.79 Å². The van der Waals surface area contributed by atoms with Crippen molar-refractivity contribution in [3.05, 3.63) is 27.9 Å². The zero-order chi connectivity index (χ0) is 13.4. The Balaban J connectivity index is 2.55. The predicted molar refractivity (Wildman–Crippen MR) is 68.2 cm³/mol. The molecule has 0 aliphatic carbocycles. The van der Waals surface area contributed by atoms with E-state index in [1.54, 1.807) is 4.68 Å². The third-order valence-electron chi connectivity index (χ3n) is 2.51. The van der Waals surface area contributed by atoms with E-state index >= 15 is 0 Å². The molecular weight excluding hydrogens is 232 g/mol. The average molecular weight is 250 g/mol. The van der Waals surface area contributed by atoms with Crippen molar-refractivity contribution in [1.82, 2.24) is 15.1 Å². The summed E-state index contributed by atoms with van der Waals surface area (Å²) in [6, 6.07) is 1.81. The first-order valence-electron chi connectivity index (χ1n) is 6.08. The Morgan fingerprint density at radius 2 is 2.39 bits per heavy atom. The van der Waals surface area contributed by atoms with Gasteiger partial charge in [-0.15, -0.1) is 0 Å². The van der Waals surface area contributed by atoms with Gasteiger partial charge in [0, 0.05) is 24.5 Å². The normalized spacial score (nSPS) is 9.89. The van der Waals surface area contributed by atoms with Gasteiger partial charge in [0.2, 0.25) is 0 Å². The molecule has 0 saturated carbocycles. The van der Waals surface area contributed by atoms with Crippen LogP contribution in [0.1, 0.15) is 36.5 Å². The van der Waals surface area contributed by atoms with Gasteiger partial charge in [0.25, 0.3) is 5.91 Å². The summed E-state index contributed by atoms with van der Waals surface area (Å²) < 4.78 is 1.70. The van der Waals surface area contributed by atoms with E-state index in [1.165, 1.54) is 0 Å². The lowest BCUT2D eigenvalue weighted by molar-refractivity contribution is 0.0943. The quantitative estimate of drug-likeness (QED) is 0.346. The topological polar surface area (TPSA) is 95.7 Å². The number of hydrogen-bond acceptors (Lipinski definition) is 3. The fourth-order valence-corrected chi connectivity index (χ4v) is 1.55. The van der Waals surface area contributed by atoms with Gasteiger partial charge in [-0.1, -0.05) is 12.0 Å². The number of azide groups is 1. The minimum atomic E-state index is -0.134. The van der Waals surface area contributed by atoms with Crippen LogP contribution in [0.15, 0.2) is 11.2 Å². The number of amides is 1. The van der Waals surface area contributed by atoms with Gasteiger partial charge in [-0.2, -0.15) is 5.10 Å². The Kier molecular flexibility index (Phi) is 5.73. The molecule has 98 valence electrons. The molecule has 0 aliphatic heterocycles. The van der Waals surface area contributed by atoms with E-state index in [0.717, 1.165) is 12.1 Å². The van der Waals surface area contributed by atoms with Crippen molar-refractivity contribution in [2.45, 2.75) is 33.2 Å². The highest BCUT2D eigenvalue weighted by Crippen LogP contribution is 2.05. The summed E-state index contributed by atoms with van der Waals surface area (Å²) in [5, 5.41) is 10.5. The second kappa shape index (κ2) is 7.34. The maximum Gasteiger partial charge on any atom is 0.269 e. The van der Waals surface area contributed by atoms with Gasteiger partial charge in [0.1, 0.15) is 5.69 Å². The highest BCUT2D eigenvalue weighted by molar-refractivity contribution is 5.92. The SMILES string of the molecule is CCc1cc(C(=O)NCCCN=[N+]=[N-])n(CC)n1. The van der Waals surface area contributed by atoms with Gasteiger partial charge in [-0.25, -0.2) is 0 Å². The number of nitrogens with one attached hydrogen (secondary N) is 1. The van der Waals surface area contributed by atoms with E-state index in [1.807, 2.05) is 19.9 Å². The van der Waals surface area contributed by atoms with Crippen LogP contribution in [0.4, 0.5) is 0 Å². The summed E-state index contributed by atoms with van der Waals surface area (Å²) in [6.07, 6.45) is 1.45. The van der Waals surface area contributed by atoms with Gasteiger partial charge < -0.3 is 5.32 Å². The molecule has 0 radical (unpaired) electrons. The minimum absolute atomic E-state index is 0.134. The number of carbonyl (C=O) groups excluding carboxylic acids is 1. The highest BCUT2D eigenvalue weighted by atomic mass is 16.2. The predicted octanol–water partition coefficient (Wildman–Crippen LogP) is 1.90. The summed E-state index contributed by atoms with van der Waals surface area (Å²) >= 11 is 0. The fourth-order valence-electron chi connectivity index (χ4n) is 1.55. The molecule has 18 heavy (non-hydrogen) atoms. The molecule has 0 spiro atoms. The minimum Gasteiger partial charge on any atom is -0.351 e. The largest absolute Gasteiger partial charge is 0.351 e. The molecule has 0 aromatic carbocycles. The molecule has 1 heterocycles. The number of hydrogen-bond donors (Lipinski definition) is 1. The summed E-state index contributed by atoms with van der Waals surface area (Å²) in [6.45, 7) is 5.51. The summed E-state index contributed by atoms with van der Waals surface area (Å²) in [5.74, 6) is -0.134. The van der Waals surface area contributed by atoms with Crippen molar-refractivity contribution in [1.29, 1.82) is 0 Å². The highest BCUT2D eigenvalue weighted by Gasteiger charge is 2.12. The van der Waals surface area contributed by atoms with Crippen LogP contribution in [0, 0.1) is 0 Å². The molecule has 0 atom stereocenters. The summed E-state index contributed by atoms with van der Waals surface area (Å²) in [7, 11) is 0. The lowest BCUT2D eigenvalue weighted by Crippen LogP contribution is -2.27. The first-order valence-corrected chi connectivity index (χ1v) is 6.08. The van der Waals surface area contributed by atoms with Crippen molar-refractivity contribution < 1.29 is 4.79 Å².